The maximum absolute atomic E-state index is 11.9. The second kappa shape index (κ2) is 13.3. The third kappa shape index (κ3) is 13.1. The fourth-order valence-electron chi connectivity index (χ4n) is 2.41. The average Bonchev–Trinajstić information content (AvgIpc) is 2.38. The van der Waals surface area contributed by atoms with Crippen LogP contribution in [0.5, 0.6) is 0 Å². The van der Waals surface area contributed by atoms with Crippen molar-refractivity contribution in [3.8, 4) is 0 Å². The first-order valence-corrected chi connectivity index (χ1v) is 8.43. The summed E-state index contributed by atoms with van der Waals surface area (Å²) in [6.07, 6.45) is 14.2. The standard InChI is InChI=1S/C18H36NO.ClH/c1-6-7-8-9-10-11-12-13-14-15-16-17(2)18(20)19(3,4)5;/h2,6-16H2,1,3-5H3;1H/q+1;/p-1. The van der Waals surface area contributed by atoms with E-state index in [9.17, 15) is 4.79 Å². The smallest absolute Gasteiger partial charge is 0.340 e. The van der Waals surface area contributed by atoms with Crippen LogP contribution in [0.15, 0.2) is 12.2 Å². The number of hydrogen-bond donors (Lipinski definition) is 0. The molecule has 0 bridgehead atoms. The van der Waals surface area contributed by atoms with Crippen LogP contribution >= 0.6 is 0 Å². The van der Waals surface area contributed by atoms with Crippen LogP contribution < -0.4 is 12.4 Å². The Balaban J connectivity index is 0. The molecule has 0 heterocycles. The molecule has 0 aliphatic heterocycles. The Morgan fingerprint density at radius 3 is 1.57 bits per heavy atom. The third-order valence-electron chi connectivity index (χ3n) is 3.74. The zero-order chi connectivity index (χ0) is 15.4. The summed E-state index contributed by atoms with van der Waals surface area (Å²) in [5, 5.41) is 0. The minimum Gasteiger partial charge on any atom is -1.00 e. The topological polar surface area (TPSA) is 17.1 Å². The fourth-order valence-corrected chi connectivity index (χ4v) is 2.41. The van der Waals surface area contributed by atoms with Crippen LogP contribution in [-0.2, 0) is 4.79 Å². The van der Waals surface area contributed by atoms with Crippen molar-refractivity contribution in [2.45, 2.75) is 77.6 Å². The van der Waals surface area contributed by atoms with E-state index < -0.39 is 0 Å². The van der Waals surface area contributed by atoms with E-state index >= 15 is 0 Å². The van der Waals surface area contributed by atoms with Gasteiger partial charge in [0.05, 0.1) is 21.1 Å². The highest BCUT2D eigenvalue weighted by Gasteiger charge is 2.22. The van der Waals surface area contributed by atoms with Crippen molar-refractivity contribution in [1.29, 1.82) is 0 Å². The van der Waals surface area contributed by atoms with E-state index in [0.717, 1.165) is 18.4 Å². The van der Waals surface area contributed by atoms with Crippen molar-refractivity contribution in [2.75, 3.05) is 21.1 Å². The van der Waals surface area contributed by atoms with Crippen LogP contribution in [-0.4, -0.2) is 31.5 Å². The number of rotatable bonds is 12. The molecule has 2 nitrogen and oxygen atoms in total. The molecule has 0 saturated heterocycles. The summed E-state index contributed by atoms with van der Waals surface area (Å²) in [7, 11) is 5.73. The van der Waals surface area contributed by atoms with Gasteiger partial charge in [0.25, 0.3) is 0 Å². The number of amides is 1. The molecule has 0 aromatic heterocycles. The molecule has 0 atom stereocenters. The lowest BCUT2D eigenvalue weighted by molar-refractivity contribution is -0.789. The summed E-state index contributed by atoms with van der Waals surface area (Å²) < 4.78 is 0.358. The van der Waals surface area contributed by atoms with Gasteiger partial charge in [0.1, 0.15) is 0 Å². The normalized spacial score (nSPS) is 11.0. The number of nitrogens with zero attached hydrogens (tertiary/aromatic N) is 1. The summed E-state index contributed by atoms with van der Waals surface area (Å²) in [6.45, 7) is 6.19. The van der Waals surface area contributed by atoms with Crippen LogP contribution in [0.25, 0.3) is 0 Å². The molecule has 0 N–H and O–H groups in total. The molecule has 3 heteroatoms. The van der Waals surface area contributed by atoms with Crippen LogP contribution in [0.4, 0.5) is 0 Å². The fraction of sp³-hybridized carbons (Fsp3) is 0.833. The highest BCUT2D eigenvalue weighted by molar-refractivity contribution is 5.86. The summed E-state index contributed by atoms with van der Waals surface area (Å²) >= 11 is 0. The Labute approximate surface area is 139 Å². The van der Waals surface area contributed by atoms with Crippen LogP contribution in [0.3, 0.4) is 0 Å². The predicted molar refractivity (Wildman–Crippen MR) is 88.6 cm³/mol. The number of halogens is 1. The maximum atomic E-state index is 11.9. The van der Waals surface area contributed by atoms with Crippen molar-refractivity contribution in [3.05, 3.63) is 12.2 Å². The van der Waals surface area contributed by atoms with Crippen molar-refractivity contribution in [3.63, 3.8) is 0 Å². The Hall–Kier alpha value is -0.340. The minimum absolute atomic E-state index is 0. The van der Waals surface area contributed by atoms with Gasteiger partial charge in [-0.3, -0.25) is 4.48 Å². The molecule has 0 aliphatic carbocycles. The zero-order valence-corrected chi connectivity index (χ0v) is 15.5. The first-order chi connectivity index (χ1) is 9.39. The molecule has 0 aliphatic rings. The van der Waals surface area contributed by atoms with E-state index in [4.69, 9.17) is 0 Å². The van der Waals surface area contributed by atoms with Gasteiger partial charge in [-0.2, -0.15) is 0 Å². The first kappa shape index (κ1) is 22.9. The van der Waals surface area contributed by atoms with Crippen molar-refractivity contribution in [1.82, 2.24) is 0 Å². The Morgan fingerprint density at radius 2 is 1.19 bits per heavy atom. The van der Waals surface area contributed by atoms with Crippen LogP contribution in [0, 0.1) is 0 Å². The van der Waals surface area contributed by atoms with Gasteiger partial charge >= 0.3 is 5.91 Å². The highest BCUT2D eigenvalue weighted by Crippen LogP contribution is 2.14. The van der Waals surface area contributed by atoms with Gasteiger partial charge in [-0.1, -0.05) is 71.3 Å². The maximum Gasteiger partial charge on any atom is 0.340 e. The number of unbranched alkanes of at least 4 members (excludes halogenated alkanes) is 9. The molecule has 21 heavy (non-hydrogen) atoms. The van der Waals surface area contributed by atoms with Gasteiger partial charge in [0, 0.05) is 5.57 Å². The van der Waals surface area contributed by atoms with Gasteiger partial charge in [-0.15, -0.1) is 0 Å². The highest BCUT2D eigenvalue weighted by atomic mass is 35.5. The van der Waals surface area contributed by atoms with Gasteiger partial charge in [-0.05, 0) is 12.8 Å². The SMILES string of the molecule is C=C(CCCCCCCCCCCC)C(=O)[N+](C)(C)C.[Cl-]. The number of quaternary nitrogens is 1. The van der Waals surface area contributed by atoms with Gasteiger partial charge in [-0.25, -0.2) is 4.79 Å². The van der Waals surface area contributed by atoms with Gasteiger partial charge < -0.3 is 12.4 Å². The number of carbonyl (C=O) groups excluding carboxylic acids is 1. The Kier molecular flexibility index (Phi) is 14.6. The Morgan fingerprint density at radius 1 is 0.810 bits per heavy atom. The van der Waals surface area contributed by atoms with E-state index in [1.165, 1.54) is 57.8 Å². The number of likely N-dealkylation sites (N-methyl/N-ethyl adjacent to an activating group) is 1. The molecule has 0 saturated carbocycles. The minimum atomic E-state index is 0. The van der Waals surface area contributed by atoms with Crippen molar-refractivity contribution < 1.29 is 21.7 Å². The van der Waals surface area contributed by atoms with E-state index in [0.29, 0.717) is 4.48 Å². The van der Waals surface area contributed by atoms with Crippen molar-refractivity contribution >= 4 is 5.91 Å². The van der Waals surface area contributed by atoms with Crippen molar-refractivity contribution in [2.24, 2.45) is 0 Å². The number of carbonyl (C=O) groups is 1. The molecule has 0 aromatic carbocycles. The molecular weight excluding hydrogens is 282 g/mol. The van der Waals surface area contributed by atoms with E-state index in [2.05, 4.69) is 13.5 Å². The second-order valence-corrected chi connectivity index (χ2v) is 6.85. The third-order valence-corrected chi connectivity index (χ3v) is 3.74. The molecule has 0 rings (SSSR count). The molecule has 0 radical (unpaired) electrons. The van der Waals surface area contributed by atoms with Crippen LogP contribution in [0.2, 0.25) is 0 Å². The second-order valence-electron chi connectivity index (χ2n) is 6.85. The predicted octanol–water partition coefficient (Wildman–Crippen LogP) is 2.09. The van der Waals surface area contributed by atoms with Gasteiger partial charge in [0.2, 0.25) is 0 Å². The summed E-state index contributed by atoms with van der Waals surface area (Å²) in [4.78, 5) is 11.9. The lowest BCUT2D eigenvalue weighted by Crippen LogP contribution is -3.00. The molecule has 0 aromatic rings. The number of hydrogen-bond acceptors (Lipinski definition) is 1. The lowest BCUT2D eigenvalue weighted by Gasteiger charge is -2.21. The lowest BCUT2D eigenvalue weighted by atomic mass is 10.0. The molecule has 0 spiro atoms. The van der Waals surface area contributed by atoms with E-state index in [1.807, 2.05) is 21.1 Å². The summed E-state index contributed by atoms with van der Waals surface area (Å²) in [6, 6.07) is 0. The van der Waals surface area contributed by atoms with Gasteiger partial charge in [0.15, 0.2) is 0 Å². The quantitative estimate of drug-likeness (QED) is 0.306. The largest absolute Gasteiger partial charge is 1.00 e. The van der Waals surface area contributed by atoms with Crippen LogP contribution in [0.1, 0.15) is 77.6 Å². The summed E-state index contributed by atoms with van der Waals surface area (Å²) in [5.74, 6) is 0.168. The molecular formula is C18H36ClNO. The van der Waals surface area contributed by atoms with E-state index in [1.54, 1.807) is 0 Å². The molecule has 0 fully saturated rings. The molecule has 126 valence electrons. The summed E-state index contributed by atoms with van der Waals surface area (Å²) in [5.41, 5.74) is 0.789. The monoisotopic (exact) mass is 317 g/mol. The first-order valence-electron chi connectivity index (χ1n) is 8.43. The molecule has 1 amide bonds. The molecule has 0 unspecified atom stereocenters. The Bertz CT molecular complexity index is 281. The average molecular weight is 318 g/mol. The van der Waals surface area contributed by atoms with E-state index in [-0.39, 0.29) is 18.3 Å². The zero-order valence-electron chi connectivity index (χ0n) is 14.7.